The Morgan fingerprint density at radius 2 is 2.00 bits per heavy atom. The normalized spacial score (nSPS) is 13.6. The summed E-state index contributed by atoms with van der Waals surface area (Å²) in [6.45, 7) is 3.96. The Hall–Kier alpha value is -1.77. The van der Waals surface area contributed by atoms with Crippen molar-refractivity contribution in [3.63, 3.8) is 0 Å². The van der Waals surface area contributed by atoms with Crippen LogP contribution < -0.4 is 4.74 Å². The third kappa shape index (κ3) is 3.36. The lowest BCUT2D eigenvalue weighted by Crippen LogP contribution is -2.10. The van der Waals surface area contributed by atoms with Crippen LogP contribution in [0.2, 0.25) is 0 Å². The lowest BCUT2D eigenvalue weighted by molar-refractivity contribution is -0.138. The topological polar surface area (TPSA) is 35.5 Å². The molecule has 0 saturated carbocycles. The maximum atomic E-state index is 10.8. The molecule has 3 nitrogen and oxygen atoms in total. The fraction of sp³-hybridized carbons (Fsp3) is 0.400. The van der Waals surface area contributed by atoms with E-state index in [9.17, 15) is 4.79 Å². The van der Waals surface area contributed by atoms with Crippen molar-refractivity contribution in [3.05, 3.63) is 42.0 Å². The van der Waals surface area contributed by atoms with Crippen LogP contribution in [0.1, 0.15) is 24.0 Å². The first-order valence-corrected chi connectivity index (χ1v) is 6.33. The number of carbonyl (C=O) groups is 1. The summed E-state index contributed by atoms with van der Waals surface area (Å²) in [5.41, 5.74) is 2.83. The van der Waals surface area contributed by atoms with Gasteiger partial charge in [-0.1, -0.05) is 12.6 Å². The Morgan fingerprint density at radius 3 is 2.78 bits per heavy atom. The summed E-state index contributed by atoms with van der Waals surface area (Å²) in [5.74, 6) is 0.439. The first-order valence-electron chi connectivity index (χ1n) is 6.33. The summed E-state index contributed by atoms with van der Waals surface area (Å²) < 4.78 is 10.4. The molecule has 0 amide bonds. The number of carbonyl (C=O) groups excluding carboxylic acids is 1. The number of aryl methyl sites for hydroxylation is 2. The molecule has 1 aromatic rings. The Bertz CT molecular complexity index is 437. The van der Waals surface area contributed by atoms with E-state index in [1.165, 1.54) is 30.4 Å². The lowest BCUT2D eigenvalue weighted by Gasteiger charge is -2.16. The van der Waals surface area contributed by atoms with Crippen molar-refractivity contribution >= 4 is 5.97 Å². The van der Waals surface area contributed by atoms with E-state index in [1.807, 2.05) is 6.07 Å². The number of esters is 1. The van der Waals surface area contributed by atoms with Crippen molar-refractivity contribution in [2.45, 2.75) is 25.7 Å². The zero-order valence-electron chi connectivity index (χ0n) is 10.5. The van der Waals surface area contributed by atoms with Gasteiger partial charge >= 0.3 is 5.97 Å². The van der Waals surface area contributed by atoms with Crippen molar-refractivity contribution < 1.29 is 14.3 Å². The number of benzene rings is 1. The standard InChI is InChI=1S/C15H18O3/c1-2-15(16)18-10-9-17-14-8-7-12-5-3-4-6-13(12)11-14/h2,7-8,11H,1,3-6,9-10H2. The summed E-state index contributed by atoms with van der Waals surface area (Å²) >= 11 is 0. The Kier molecular flexibility index (Phi) is 4.40. The maximum Gasteiger partial charge on any atom is 0.330 e. The van der Waals surface area contributed by atoms with Crippen LogP contribution >= 0.6 is 0 Å². The van der Waals surface area contributed by atoms with Gasteiger partial charge in [0.05, 0.1) is 0 Å². The molecule has 1 aliphatic rings. The highest BCUT2D eigenvalue weighted by Gasteiger charge is 2.09. The second-order valence-electron chi connectivity index (χ2n) is 4.36. The van der Waals surface area contributed by atoms with Crippen molar-refractivity contribution in [2.24, 2.45) is 0 Å². The second-order valence-corrected chi connectivity index (χ2v) is 4.36. The van der Waals surface area contributed by atoms with Gasteiger partial charge in [0, 0.05) is 6.08 Å². The fourth-order valence-corrected chi connectivity index (χ4v) is 2.16. The first kappa shape index (κ1) is 12.7. The van der Waals surface area contributed by atoms with E-state index in [-0.39, 0.29) is 6.61 Å². The number of hydrogen-bond acceptors (Lipinski definition) is 3. The molecule has 0 radical (unpaired) electrons. The Morgan fingerprint density at radius 1 is 1.22 bits per heavy atom. The summed E-state index contributed by atoms with van der Waals surface area (Å²) in [4.78, 5) is 10.8. The van der Waals surface area contributed by atoms with Gasteiger partial charge in [-0.3, -0.25) is 0 Å². The summed E-state index contributed by atoms with van der Waals surface area (Å²) in [5, 5.41) is 0. The predicted octanol–water partition coefficient (Wildman–Crippen LogP) is 2.67. The van der Waals surface area contributed by atoms with Gasteiger partial charge in [-0.15, -0.1) is 0 Å². The van der Waals surface area contributed by atoms with Gasteiger partial charge in [0.15, 0.2) is 0 Å². The largest absolute Gasteiger partial charge is 0.490 e. The fourth-order valence-electron chi connectivity index (χ4n) is 2.16. The highest BCUT2D eigenvalue weighted by Crippen LogP contribution is 2.25. The molecular formula is C15H18O3. The molecule has 2 rings (SSSR count). The highest BCUT2D eigenvalue weighted by atomic mass is 16.6. The zero-order chi connectivity index (χ0) is 12.8. The molecule has 1 aliphatic carbocycles. The van der Waals surface area contributed by atoms with Gasteiger partial charge in [0.25, 0.3) is 0 Å². The Labute approximate surface area is 107 Å². The minimum atomic E-state index is -0.413. The van der Waals surface area contributed by atoms with Crippen LogP contribution in [0, 0.1) is 0 Å². The van der Waals surface area contributed by atoms with Crippen LogP contribution in [0.15, 0.2) is 30.9 Å². The minimum absolute atomic E-state index is 0.252. The molecule has 18 heavy (non-hydrogen) atoms. The van der Waals surface area contributed by atoms with E-state index >= 15 is 0 Å². The predicted molar refractivity (Wildman–Crippen MR) is 69.7 cm³/mol. The SMILES string of the molecule is C=CC(=O)OCCOc1ccc2c(c1)CCCC2. The van der Waals surface area contributed by atoms with Gasteiger partial charge < -0.3 is 9.47 Å². The average molecular weight is 246 g/mol. The summed E-state index contributed by atoms with van der Waals surface area (Å²) in [6.07, 6.45) is 6.00. The number of ether oxygens (including phenoxy) is 2. The number of rotatable bonds is 5. The molecule has 0 aromatic heterocycles. The van der Waals surface area contributed by atoms with Crippen molar-refractivity contribution in [1.29, 1.82) is 0 Å². The highest BCUT2D eigenvalue weighted by molar-refractivity contribution is 5.81. The number of fused-ring (bicyclic) bond motifs is 1. The van der Waals surface area contributed by atoms with Crippen LogP contribution in [-0.2, 0) is 22.4 Å². The van der Waals surface area contributed by atoms with E-state index in [2.05, 4.69) is 18.7 Å². The van der Waals surface area contributed by atoms with Gasteiger partial charge in [0.1, 0.15) is 19.0 Å². The quantitative estimate of drug-likeness (QED) is 0.455. The van der Waals surface area contributed by atoms with Crippen LogP contribution in [0.5, 0.6) is 5.75 Å². The van der Waals surface area contributed by atoms with Gasteiger partial charge in [-0.25, -0.2) is 4.79 Å². The summed E-state index contributed by atoms with van der Waals surface area (Å²) in [6, 6.07) is 6.23. The molecule has 0 atom stereocenters. The number of hydrogen-bond donors (Lipinski definition) is 0. The average Bonchev–Trinajstić information content (AvgIpc) is 2.43. The van der Waals surface area contributed by atoms with Crippen molar-refractivity contribution in [3.8, 4) is 5.75 Å². The Balaban J connectivity index is 1.82. The van der Waals surface area contributed by atoms with Crippen LogP contribution in [0.4, 0.5) is 0 Å². The molecule has 0 heterocycles. The van der Waals surface area contributed by atoms with E-state index in [0.717, 1.165) is 18.2 Å². The third-order valence-corrected chi connectivity index (χ3v) is 3.08. The zero-order valence-corrected chi connectivity index (χ0v) is 10.5. The summed E-state index contributed by atoms with van der Waals surface area (Å²) in [7, 11) is 0. The monoisotopic (exact) mass is 246 g/mol. The molecule has 1 aromatic carbocycles. The molecule has 0 saturated heterocycles. The minimum Gasteiger partial charge on any atom is -0.490 e. The molecule has 0 unspecified atom stereocenters. The van der Waals surface area contributed by atoms with E-state index in [1.54, 1.807) is 0 Å². The van der Waals surface area contributed by atoms with E-state index in [0.29, 0.717) is 6.61 Å². The van der Waals surface area contributed by atoms with E-state index in [4.69, 9.17) is 9.47 Å². The van der Waals surface area contributed by atoms with Crippen LogP contribution in [-0.4, -0.2) is 19.2 Å². The molecule has 3 heteroatoms. The van der Waals surface area contributed by atoms with Gasteiger partial charge in [-0.2, -0.15) is 0 Å². The van der Waals surface area contributed by atoms with Crippen molar-refractivity contribution in [2.75, 3.05) is 13.2 Å². The van der Waals surface area contributed by atoms with Gasteiger partial charge in [-0.05, 0) is 48.9 Å². The van der Waals surface area contributed by atoms with Crippen LogP contribution in [0.3, 0.4) is 0 Å². The molecule has 0 fully saturated rings. The molecular weight excluding hydrogens is 228 g/mol. The molecule has 96 valence electrons. The maximum absolute atomic E-state index is 10.8. The van der Waals surface area contributed by atoms with Crippen molar-refractivity contribution in [1.82, 2.24) is 0 Å². The molecule has 0 N–H and O–H groups in total. The third-order valence-electron chi connectivity index (χ3n) is 3.08. The first-order chi connectivity index (χ1) is 8.79. The smallest absolute Gasteiger partial charge is 0.330 e. The molecule has 0 bridgehead atoms. The van der Waals surface area contributed by atoms with Crippen LogP contribution in [0.25, 0.3) is 0 Å². The molecule has 0 aliphatic heterocycles. The van der Waals surface area contributed by atoms with E-state index < -0.39 is 5.97 Å². The lowest BCUT2D eigenvalue weighted by atomic mass is 9.92. The molecule has 0 spiro atoms. The second kappa shape index (κ2) is 6.24. The van der Waals surface area contributed by atoms with Gasteiger partial charge in [0.2, 0.25) is 0 Å².